The first kappa shape index (κ1) is 11.5. The number of carbonyl (C=O) groups excluding carboxylic acids is 2. The second-order valence-electron chi connectivity index (χ2n) is 4.44. The normalized spacial score (nSPS) is 15.7. The van der Waals surface area contributed by atoms with E-state index in [1.807, 2.05) is 0 Å². The summed E-state index contributed by atoms with van der Waals surface area (Å²) in [6.07, 6.45) is 1.58. The zero-order valence-corrected chi connectivity index (χ0v) is 10.3. The van der Waals surface area contributed by atoms with Crippen LogP contribution in [0.3, 0.4) is 0 Å². The van der Waals surface area contributed by atoms with E-state index in [2.05, 4.69) is 10.2 Å². The molecule has 0 radical (unpaired) electrons. The van der Waals surface area contributed by atoms with Gasteiger partial charge in [-0.3, -0.25) is 19.6 Å². The summed E-state index contributed by atoms with van der Waals surface area (Å²) in [6, 6.07) is 6.23. The Morgan fingerprint density at radius 2 is 2.05 bits per heavy atom. The first-order valence-corrected chi connectivity index (χ1v) is 5.87. The third-order valence-electron chi connectivity index (χ3n) is 3.34. The summed E-state index contributed by atoms with van der Waals surface area (Å²) in [6.45, 7) is 1.77. The summed E-state index contributed by atoms with van der Waals surface area (Å²) in [4.78, 5) is 25.9. The van der Waals surface area contributed by atoms with Crippen LogP contribution in [0.5, 0.6) is 0 Å². The lowest BCUT2D eigenvalue weighted by Crippen LogP contribution is -2.32. The predicted octanol–water partition coefficient (Wildman–Crippen LogP) is 1.35. The van der Waals surface area contributed by atoms with Crippen LogP contribution in [0.1, 0.15) is 39.4 Å². The number of aromatic amines is 1. The predicted molar refractivity (Wildman–Crippen MR) is 68.4 cm³/mol. The maximum Gasteiger partial charge on any atom is 0.264 e. The molecule has 0 saturated carbocycles. The van der Waals surface area contributed by atoms with Crippen LogP contribution in [0.15, 0.2) is 30.5 Å². The lowest BCUT2D eigenvalue weighted by atomic mass is 10.1. The van der Waals surface area contributed by atoms with Gasteiger partial charge in [0.2, 0.25) is 0 Å². The van der Waals surface area contributed by atoms with Gasteiger partial charge in [-0.25, -0.2) is 0 Å². The number of nitrogen functional groups attached to an aromatic ring is 1. The molecule has 6 heteroatoms. The average Bonchev–Trinajstić information content (AvgIpc) is 2.98. The second kappa shape index (κ2) is 3.94. The van der Waals surface area contributed by atoms with Gasteiger partial charge in [-0.05, 0) is 25.1 Å². The van der Waals surface area contributed by atoms with Gasteiger partial charge in [0, 0.05) is 11.9 Å². The van der Waals surface area contributed by atoms with Crippen LogP contribution in [0.2, 0.25) is 0 Å². The number of nitrogens with two attached hydrogens (primary N) is 1. The Morgan fingerprint density at radius 1 is 1.26 bits per heavy atom. The van der Waals surface area contributed by atoms with Gasteiger partial charge in [-0.2, -0.15) is 5.10 Å². The van der Waals surface area contributed by atoms with E-state index in [1.165, 1.54) is 4.90 Å². The van der Waals surface area contributed by atoms with Crippen molar-refractivity contribution in [2.45, 2.75) is 13.0 Å². The molecule has 0 aliphatic carbocycles. The Morgan fingerprint density at radius 3 is 2.68 bits per heavy atom. The highest BCUT2D eigenvalue weighted by Gasteiger charge is 2.40. The molecule has 1 aliphatic rings. The van der Waals surface area contributed by atoms with Gasteiger partial charge in [0.25, 0.3) is 11.8 Å². The zero-order valence-electron chi connectivity index (χ0n) is 10.3. The van der Waals surface area contributed by atoms with E-state index in [0.717, 1.165) is 0 Å². The highest BCUT2D eigenvalue weighted by Crippen LogP contribution is 2.33. The fourth-order valence-corrected chi connectivity index (χ4v) is 2.32. The molecule has 96 valence electrons. The van der Waals surface area contributed by atoms with E-state index in [4.69, 9.17) is 5.73 Å². The fourth-order valence-electron chi connectivity index (χ4n) is 2.32. The molecule has 0 saturated heterocycles. The van der Waals surface area contributed by atoms with Crippen molar-refractivity contribution in [2.75, 3.05) is 5.73 Å². The largest absolute Gasteiger partial charge is 0.398 e. The molecule has 19 heavy (non-hydrogen) atoms. The standard InChI is InChI=1S/C13H12N4O2/c1-7(10-5-6-15-16-10)17-12(18)8-3-2-4-9(14)11(8)13(17)19/h2-7H,14H2,1H3,(H,15,16). The van der Waals surface area contributed by atoms with E-state index in [-0.39, 0.29) is 11.8 Å². The van der Waals surface area contributed by atoms with Crippen LogP contribution in [0.4, 0.5) is 5.69 Å². The van der Waals surface area contributed by atoms with Crippen molar-refractivity contribution < 1.29 is 9.59 Å². The van der Waals surface area contributed by atoms with Crippen molar-refractivity contribution in [3.63, 3.8) is 0 Å². The molecule has 2 amide bonds. The quantitative estimate of drug-likeness (QED) is 0.626. The molecule has 1 atom stereocenters. The highest BCUT2D eigenvalue weighted by atomic mass is 16.2. The second-order valence-corrected chi connectivity index (χ2v) is 4.44. The number of nitrogens with zero attached hydrogens (tertiary/aromatic N) is 2. The molecular weight excluding hydrogens is 244 g/mol. The number of fused-ring (bicyclic) bond motifs is 1. The van der Waals surface area contributed by atoms with Crippen LogP contribution in [0, 0.1) is 0 Å². The van der Waals surface area contributed by atoms with Gasteiger partial charge < -0.3 is 5.73 Å². The van der Waals surface area contributed by atoms with Crippen molar-refractivity contribution in [1.82, 2.24) is 15.1 Å². The number of hydrogen-bond acceptors (Lipinski definition) is 4. The van der Waals surface area contributed by atoms with Gasteiger partial charge in [-0.15, -0.1) is 0 Å². The van der Waals surface area contributed by atoms with Crippen LogP contribution in [0.25, 0.3) is 0 Å². The Balaban J connectivity index is 2.06. The molecule has 1 aromatic carbocycles. The number of rotatable bonds is 2. The molecule has 1 unspecified atom stereocenters. The SMILES string of the molecule is CC(c1ccn[nH]1)N1C(=O)c2cccc(N)c2C1=O. The summed E-state index contributed by atoms with van der Waals surface area (Å²) < 4.78 is 0. The van der Waals surface area contributed by atoms with Crippen LogP contribution < -0.4 is 5.73 Å². The van der Waals surface area contributed by atoms with E-state index in [0.29, 0.717) is 22.5 Å². The molecule has 3 N–H and O–H groups in total. The number of imide groups is 1. The molecule has 2 heterocycles. The molecule has 2 aromatic rings. The molecular formula is C13H12N4O2. The summed E-state index contributed by atoms with van der Waals surface area (Å²) in [5.41, 5.74) is 7.46. The number of nitrogens with one attached hydrogen (secondary N) is 1. The van der Waals surface area contributed by atoms with Crippen molar-refractivity contribution in [2.24, 2.45) is 0 Å². The molecule has 0 bridgehead atoms. The molecule has 0 fully saturated rings. The summed E-state index contributed by atoms with van der Waals surface area (Å²) in [7, 11) is 0. The highest BCUT2D eigenvalue weighted by molar-refractivity contribution is 6.23. The lowest BCUT2D eigenvalue weighted by Gasteiger charge is -2.21. The van der Waals surface area contributed by atoms with Gasteiger partial charge in [0.05, 0.1) is 22.9 Å². The monoisotopic (exact) mass is 256 g/mol. The van der Waals surface area contributed by atoms with E-state index in [9.17, 15) is 9.59 Å². The number of carbonyl (C=O) groups is 2. The van der Waals surface area contributed by atoms with Gasteiger partial charge in [0.1, 0.15) is 0 Å². The minimum absolute atomic E-state index is 0.291. The van der Waals surface area contributed by atoms with Crippen molar-refractivity contribution in [3.8, 4) is 0 Å². The Hall–Kier alpha value is -2.63. The minimum Gasteiger partial charge on any atom is -0.398 e. The van der Waals surface area contributed by atoms with Gasteiger partial charge in [-0.1, -0.05) is 6.07 Å². The Kier molecular flexibility index (Phi) is 2.38. The minimum atomic E-state index is -0.408. The van der Waals surface area contributed by atoms with Crippen molar-refractivity contribution in [1.29, 1.82) is 0 Å². The number of H-pyrrole nitrogens is 1. The smallest absolute Gasteiger partial charge is 0.264 e. The van der Waals surface area contributed by atoms with Crippen LogP contribution >= 0.6 is 0 Å². The van der Waals surface area contributed by atoms with E-state index < -0.39 is 6.04 Å². The Labute approximate surface area is 109 Å². The average molecular weight is 256 g/mol. The summed E-state index contributed by atoms with van der Waals surface area (Å²) in [5, 5.41) is 6.60. The number of benzene rings is 1. The number of amides is 2. The topological polar surface area (TPSA) is 92.1 Å². The van der Waals surface area contributed by atoms with E-state index in [1.54, 1.807) is 37.4 Å². The third kappa shape index (κ3) is 1.53. The maximum absolute atomic E-state index is 12.4. The lowest BCUT2D eigenvalue weighted by molar-refractivity contribution is 0.0592. The molecule has 0 spiro atoms. The van der Waals surface area contributed by atoms with Crippen molar-refractivity contribution >= 4 is 17.5 Å². The zero-order chi connectivity index (χ0) is 13.6. The molecule has 3 rings (SSSR count). The van der Waals surface area contributed by atoms with Gasteiger partial charge in [0.15, 0.2) is 0 Å². The van der Waals surface area contributed by atoms with Crippen molar-refractivity contribution in [3.05, 3.63) is 47.3 Å². The number of hydrogen-bond donors (Lipinski definition) is 2. The number of anilines is 1. The first-order valence-electron chi connectivity index (χ1n) is 5.87. The van der Waals surface area contributed by atoms with Gasteiger partial charge >= 0.3 is 0 Å². The number of aromatic nitrogens is 2. The maximum atomic E-state index is 12.4. The molecule has 1 aromatic heterocycles. The van der Waals surface area contributed by atoms with Crippen LogP contribution in [-0.4, -0.2) is 26.9 Å². The summed E-state index contributed by atoms with van der Waals surface area (Å²) >= 11 is 0. The molecule has 6 nitrogen and oxygen atoms in total. The first-order chi connectivity index (χ1) is 9.11. The van der Waals surface area contributed by atoms with Crippen LogP contribution in [-0.2, 0) is 0 Å². The third-order valence-corrected chi connectivity index (χ3v) is 3.34. The fraction of sp³-hybridized carbons (Fsp3) is 0.154. The Bertz CT molecular complexity index is 663. The molecule has 1 aliphatic heterocycles. The summed E-state index contributed by atoms with van der Waals surface area (Å²) in [5.74, 6) is -0.686. The van der Waals surface area contributed by atoms with E-state index >= 15 is 0 Å².